The van der Waals surface area contributed by atoms with Gasteiger partial charge in [-0.15, -0.1) is 0 Å². The van der Waals surface area contributed by atoms with Crippen molar-refractivity contribution in [3.05, 3.63) is 95.6 Å². The molecule has 0 aliphatic heterocycles. The van der Waals surface area contributed by atoms with Crippen LogP contribution in [0.25, 0.3) is 0 Å². The van der Waals surface area contributed by atoms with E-state index in [9.17, 15) is 4.79 Å². The summed E-state index contributed by atoms with van der Waals surface area (Å²) in [5.41, 5.74) is 8.42. The van der Waals surface area contributed by atoms with E-state index in [0.717, 1.165) is 16.7 Å². The van der Waals surface area contributed by atoms with Gasteiger partial charge in [0.25, 0.3) is 0 Å². The van der Waals surface area contributed by atoms with Gasteiger partial charge in [-0.2, -0.15) is 0 Å². The third kappa shape index (κ3) is 5.89. The molecule has 0 saturated heterocycles. The number of rotatable bonds is 9. The summed E-state index contributed by atoms with van der Waals surface area (Å²) in [5, 5.41) is 0. The number of primary amides is 1. The summed E-state index contributed by atoms with van der Waals surface area (Å²) in [4.78, 5) is 11.1. The molecular formula is C23H23NO3. The Bertz CT molecular complexity index is 863. The molecule has 0 fully saturated rings. The van der Waals surface area contributed by atoms with Gasteiger partial charge in [0.05, 0.1) is 0 Å². The molecule has 0 radical (unpaired) electrons. The number of carbonyl (C=O) groups is 1. The van der Waals surface area contributed by atoms with Crippen molar-refractivity contribution in [3.8, 4) is 11.5 Å². The Morgan fingerprint density at radius 1 is 0.704 bits per heavy atom. The number of nitrogens with two attached hydrogens (primary N) is 1. The van der Waals surface area contributed by atoms with E-state index in [1.54, 1.807) is 0 Å². The first kappa shape index (κ1) is 18.5. The van der Waals surface area contributed by atoms with E-state index >= 15 is 0 Å². The summed E-state index contributed by atoms with van der Waals surface area (Å²) in [7, 11) is 0. The minimum Gasteiger partial charge on any atom is -0.485 e. The first-order valence-corrected chi connectivity index (χ1v) is 8.95. The molecule has 0 aliphatic carbocycles. The van der Waals surface area contributed by atoms with Gasteiger partial charge in [-0.1, -0.05) is 66.7 Å². The largest absolute Gasteiger partial charge is 0.485 e. The molecular weight excluding hydrogens is 338 g/mol. The van der Waals surface area contributed by atoms with E-state index in [0.29, 0.717) is 37.6 Å². The Balaban J connectivity index is 1.74. The molecule has 0 aromatic heterocycles. The van der Waals surface area contributed by atoms with Gasteiger partial charge >= 0.3 is 0 Å². The highest BCUT2D eigenvalue weighted by atomic mass is 16.5. The van der Waals surface area contributed by atoms with Crippen LogP contribution in [0.15, 0.2) is 78.9 Å². The predicted molar refractivity (Wildman–Crippen MR) is 106 cm³/mol. The second-order valence-electron chi connectivity index (χ2n) is 6.30. The highest BCUT2D eigenvalue weighted by Crippen LogP contribution is 2.30. The quantitative estimate of drug-likeness (QED) is 0.619. The number of carbonyl (C=O) groups excluding carboxylic acids is 1. The third-order valence-electron chi connectivity index (χ3n) is 4.14. The summed E-state index contributed by atoms with van der Waals surface area (Å²) in [6, 6.07) is 25.7. The van der Waals surface area contributed by atoms with Gasteiger partial charge in [-0.25, -0.2) is 0 Å². The zero-order valence-corrected chi connectivity index (χ0v) is 15.1. The normalized spacial score (nSPS) is 10.4. The Kier molecular flexibility index (Phi) is 6.47. The van der Waals surface area contributed by atoms with Gasteiger partial charge in [0.2, 0.25) is 5.91 Å². The Hall–Kier alpha value is -3.27. The Morgan fingerprint density at radius 2 is 1.26 bits per heavy atom. The predicted octanol–water partition coefficient (Wildman–Crippen LogP) is 4.26. The molecule has 0 atom stereocenters. The monoisotopic (exact) mass is 361 g/mol. The van der Waals surface area contributed by atoms with E-state index in [1.165, 1.54) is 0 Å². The van der Waals surface area contributed by atoms with Gasteiger partial charge in [0.15, 0.2) is 11.5 Å². The molecule has 0 aliphatic rings. The van der Waals surface area contributed by atoms with E-state index in [2.05, 4.69) is 0 Å². The zero-order valence-electron chi connectivity index (χ0n) is 15.1. The highest BCUT2D eigenvalue weighted by Gasteiger charge is 2.09. The lowest BCUT2D eigenvalue weighted by Crippen LogP contribution is -2.11. The van der Waals surface area contributed by atoms with Crippen molar-refractivity contribution >= 4 is 5.91 Å². The van der Waals surface area contributed by atoms with Crippen LogP contribution in [-0.2, 0) is 24.4 Å². The van der Waals surface area contributed by atoms with E-state index in [-0.39, 0.29) is 5.91 Å². The molecule has 3 aromatic carbocycles. The van der Waals surface area contributed by atoms with E-state index in [4.69, 9.17) is 15.2 Å². The lowest BCUT2D eigenvalue weighted by atomic mass is 10.1. The first-order valence-electron chi connectivity index (χ1n) is 8.95. The molecule has 3 rings (SSSR count). The summed E-state index contributed by atoms with van der Waals surface area (Å²) in [5.74, 6) is 1.03. The molecule has 27 heavy (non-hydrogen) atoms. The topological polar surface area (TPSA) is 61.6 Å². The minimum atomic E-state index is -0.314. The fraction of sp³-hybridized carbons (Fsp3) is 0.174. The highest BCUT2D eigenvalue weighted by molar-refractivity contribution is 5.74. The average Bonchev–Trinajstić information content (AvgIpc) is 2.71. The first-order chi connectivity index (χ1) is 13.2. The minimum absolute atomic E-state index is 0.308. The summed E-state index contributed by atoms with van der Waals surface area (Å²) >= 11 is 0. The number of hydrogen-bond acceptors (Lipinski definition) is 3. The van der Waals surface area contributed by atoms with Crippen molar-refractivity contribution in [1.29, 1.82) is 0 Å². The third-order valence-corrected chi connectivity index (χ3v) is 4.14. The molecule has 4 nitrogen and oxygen atoms in total. The fourth-order valence-corrected chi connectivity index (χ4v) is 2.68. The van der Waals surface area contributed by atoms with Crippen molar-refractivity contribution in [2.45, 2.75) is 26.1 Å². The van der Waals surface area contributed by atoms with E-state index in [1.807, 2.05) is 78.9 Å². The van der Waals surface area contributed by atoms with Gasteiger partial charge in [-0.3, -0.25) is 4.79 Å². The molecule has 0 unspecified atom stereocenters. The second-order valence-corrected chi connectivity index (χ2v) is 6.30. The van der Waals surface area contributed by atoms with Crippen molar-refractivity contribution in [2.24, 2.45) is 5.73 Å². The standard InChI is InChI=1S/C23H23NO3/c24-23(25)14-12-18-11-13-21(26-16-19-7-3-1-4-8-19)22(15-18)27-17-20-9-5-2-6-10-20/h1-11,13,15H,12,14,16-17H2,(H2,24,25). The van der Waals surface area contributed by atoms with Crippen molar-refractivity contribution in [3.63, 3.8) is 0 Å². The van der Waals surface area contributed by atoms with Crippen molar-refractivity contribution < 1.29 is 14.3 Å². The Labute approximate surface area is 159 Å². The summed E-state index contributed by atoms with van der Waals surface area (Å²) in [6.45, 7) is 0.908. The summed E-state index contributed by atoms with van der Waals surface area (Å²) in [6.07, 6.45) is 0.887. The van der Waals surface area contributed by atoms with Crippen LogP contribution < -0.4 is 15.2 Å². The maximum absolute atomic E-state index is 11.1. The van der Waals surface area contributed by atoms with Gasteiger partial charge in [0.1, 0.15) is 13.2 Å². The molecule has 3 aromatic rings. The van der Waals surface area contributed by atoms with Crippen LogP contribution in [0.1, 0.15) is 23.1 Å². The second kappa shape index (κ2) is 9.43. The van der Waals surface area contributed by atoms with Crippen LogP contribution in [-0.4, -0.2) is 5.91 Å². The zero-order chi connectivity index (χ0) is 18.9. The maximum atomic E-state index is 11.1. The van der Waals surface area contributed by atoms with Crippen LogP contribution in [0.4, 0.5) is 0 Å². The number of amides is 1. The van der Waals surface area contributed by atoms with Crippen LogP contribution in [0, 0.1) is 0 Å². The number of ether oxygens (including phenoxy) is 2. The smallest absolute Gasteiger partial charge is 0.217 e. The molecule has 138 valence electrons. The van der Waals surface area contributed by atoms with Gasteiger partial charge in [0, 0.05) is 6.42 Å². The molecule has 1 amide bonds. The van der Waals surface area contributed by atoms with Gasteiger partial charge < -0.3 is 15.2 Å². The van der Waals surface area contributed by atoms with E-state index < -0.39 is 0 Å². The lowest BCUT2D eigenvalue weighted by molar-refractivity contribution is -0.117. The van der Waals surface area contributed by atoms with Crippen molar-refractivity contribution in [1.82, 2.24) is 0 Å². The Morgan fingerprint density at radius 3 is 1.81 bits per heavy atom. The number of hydrogen-bond donors (Lipinski definition) is 1. The molecule has 4 heteroatoms. The van der Waals surface area contributed by atoms with Crippen molar-refractivity contribution in [2.75, 3.05) is 0 Å². The molecule has 0 heterocycles. The number of benzene rings is 3. The van der Waals surface area contributed by atoms with Gasteiger partial charge in [-0.05, 0) is 35.2 Å². The van der Waals surface area contributed by atoms with Crippen LogP contribution in [0.2, 0.25) is 0 Å². The number of aryl methyl sites for hydroxylation is 1. The maximum Gasteiger partial charge on any atom is 0.217 e. The SMILES string of the molecule is NC(=O)CCc1ccc(OCc2ccccc2)c(OCc2ccccc2)c1. The molecule has 2 N–H and O–H groups in total. The van der Waals surface area contributed by atoms with Crippen LogP contribution in [0.5, 0.6) is 11.5 Å². The lowest BCUT2D eigenvalue weighted by Gasteiger charge is -2.14. The van der Waals surface area contributed by atoms with Crippen LogP contribution >= 0.6 is 0 Å². The average molecular weight is 361 g/mol. The molecule has 0 bridgehead atoms. The molecule has 0 saturated carbocycles. The summed E-state index contributed by atoms with van der Waals surface area (Å²) < 4.78 is 12.0. The molecule has 0 spiro atoms. The fourth-order valence-electron chi connectivity index (χ4n) is 2.68. The van der Waals surface area contributed by atoms with Crippen LogP contribution in [0.3, 0.4) is 0 Å².